The Morgan fingerprint density at radius 2 is 1.42 bits per heavy atom. The van der Waals surface area contributed by atoms with E-state index in [0.717, 1.165) is 5.56 Å². The Labute approximate surface area is 150 Å². The molecule has 0 spiro atoms. The van der Waals surface area contributed by atoms with Gasteiger partial charge in [-0.05, 0) is 42.0 Å². The lowest BCUT2D eigenvalue weighted by molar-refractivity contribution is -0.115. The van der Waals surface area contributed by atoms with Crippen molar-refractivity contribution in [2.24, 2.45) is 0 Å². The fraction of sp³-hybridized carbons (Fsp3) is 0.0476. The van der Waals surface area contributed by atoms with Crippen LogP contribution in [0.4, 0.5) is 15.8 Å². The molecule has 0 aliphatic carbocycles. The van der Waals surface area contributed by atoms with Crippen LogP contribution in [-0.4, -0.2) is 11.8 Å². The second-order valence-corrected chi connectivity index (χ2v) is 5.72. The molecule has 4 nitrogen and oxygen atoms in total. The number of nitrogens with one attached hydrogen (secondary N) is 2. The first-order valence-corrected chi connectivity index (χ1v) is 8.11. The number of amides is 2. The predicted molar refractivity (Wildman–Crippen MR) is 99.6 cm³/mol. The molecule has 0 aliphatic heterocycles. The van der Waals surface area contributed by atoms with Crippen LogP contribution in [0.25, 0.3) is 0 Å². The number of para-hydroxylation sites is 1. The third-order valence-electron chi connectivity index (χ3n) is 3.76. The Bertz CT molecular complexity index is 909. The highest BCUT2D eigenvalue weighted by Gasteiger charge is 2.09. The average molecular weight is 348 g/mol. The molecule has 26 heavy (non-hydrogen) atoms. The van der Waals surface area contributed by atoms with Crippen LogP contribution in [0.3, 0.4) is 0 Å². The summed E-state index contributed by atoms with van der Waals surface area (Å²) in [4.78, 5) is 24.2. The molecular weight excluding hydrogens is 331 g/mol. The lowest BCUT2D eigenvalue weighted by Gasteiger charge is -2.08. The largest absolute Gasteiger partial charge is 0.326 e. The predicted octanol–water partition coefficient (Wildman–Crippen LogP) is 4.26. The van der Waals surface area contributed by atoms with Gasteiger partial charge in [-0.3, -0.25) is 9.59 Å². The zero-order valence-corrected chi connectivity index (χ0v) is 13.9. The van der Waals surface area contributed by atoms with Crippen LogP contribution >= 0.6 is 0 Å². The third kappa shape index (κ3) is 4.54. The lowest BCUT2D eigenvalue weighted by Crippen LogP contribution is -2.15. The maximum absolute atomic E-state index is 13.6. The molecule has 0 aromatic heterocycles. The molecule has 2 amide bonds. The normalized spacial score (nSPS) is 10.2. The zero-order valence-electron chi connectivity index (χ0n) is 13.9. The summed E-state index contributed by atoms with van der Waals surface area (Å²) >= 11 is 0. The summed E-state index contributed by atoms with van der Waals surface area (Å²) < 4.78 is 13.6. The Morgan fingerprint density at radius 3 is 2.12 bits per heavy atom. The molecule has 0 fully saturated rings. The average Bonchev–Trinajstić information content (AvgIpc) is 2.65. The van der Waals surface area contributed by atoms with Gasteiger partial charge in [0.25, 0.3) is 5.91 Å². The molecule has 130 valence electrons. The van der Waals surface area contributed by atoms with Gasteiger partial charge in [-0.15, -0.1) is 0 Å². The van der Waals surface area contributed by atoms with Gasteiger partial charge in [-0.1, -0.05) is 42.5 Å². The van der Waals surface area contributed by atoms with Gasteiger partial charge in [-0.2, -0.15) is 0 Å². The fourth-order valence-electron chi connectivity index (χ4n) is 2.45. The summed E-state index contributed by atoms with van der Waals surface area (Å²) in [6, 6.07) is 21.8. The number of hydrogen-bond donors (Lipinski definition) is 2. The number of benzene rings is 3. The van der Waals surface area contributed by atoms with E-state index in [1.54, 1.807) is 36.4 Å². The Morgan fingerprint density at radius 1 is 0.769 bits per heavy atom. The summed E-state index contributed by atoms with van der Waals surface area (Å²) in [7, 11) is 0. The Kier molecular flexibility index (Phi) is 5.39. The minimum atomic E-state index is -0.495. The van der Waals surface area contributed by atoms with E-state index in [4.69, 9.17) is 0 Å². The number of rotatable bonds is 5. The minimum absolute atomic E-state index is 0.123. The molecule has 0 saturated carbocycles. The highest BCUT2D eigenvalue weighted by atomic mass is 19.1. The second-order valence-electron chi connectivity index (χ2n) is 5.72. The number of hydrogen-bond acceptors (Lipinski definition) is 2. The van der Waals surface area contributed by atoms with Gasteiger partial charge in [0.1, 0.15) is 5.82 Å². The molecule has 3 aromatic carbocycles. The third-order valence-corrected chi connectivity index (χ3v) is 3.76. The van der Waals surface area contributed by atoms with Crippen LogP contribution in [0.5, 0.6) is 0 Å². The molecule has 3 rings (SSSR count). The molecule has 2 N–H and O–H groups in total. The number of carbonyl (C=O) groups excluding carboxylic acids is 2. The van der Waals surface area contributed by atoms with Crippen molar-refractivity contribution in [2.45, 2.75) is 6.42 Å². The van der Waals surface area contributed by atoms with Crippen LogP contribution in [-0.2, 0) is 11.2 Å². The molecule has 0 radical (unpaired) electrons. The fourth-order valence-corrected chi connectivity index (χ4v) is 2.45. The van der Waals surface area contributed by atoms with Gasteiger partial charge in [0, 0.05) is 11.3 Å². The van der Waals surface area contributed by atoms with E-state index in [2.05, 4.69) is 10.6 Å². The Hall–Kier alpha value is -3.47. The van der Waals surface area contributed by atoms with E-state index < -0.39 is 11.7 Å². The molecule has 0 unspecified atom stereocenters. The molecule has 5 heteroatoms. The van der Waals surface area contributed by atoms with E-state index in [9.17, 15) is 14.0 Å². The molecule has 0 aliphatic rings. The van der Waals surface area contributed by atoms with Crippen molar-refractivity contribution >= 4 is 23.2 Å². The van der Waals surface area contributed by atoms with E-state index in [1.165, 1.54) is 12.1 Å². The van der Waals surface area contributed by atoms with E-state index >= 15 is 0 Å². The van der Waals surface area contributed by atoms with Gasteiger partial charge in [0.15, 0.2) is 0 Å². The smallest absolute Gasteiger partial charge is 0.255 e. The van der Waals surface area contributed by atoms with E-state index in [0.29, 0.717) is 11.3 Å². The molecular formula is C21H17FN2O2. The van der Waals surface area contributed by atoms with Gasteiger partial charge >= 0.3 is 0 Å². The summed E-state index contributed by atoms with van der Waals surface area (Å²) in [5, 5.41) is 5.30. The molecule has 0 atom stereocenters. The Balaban J connectivity index is 1.60. The number of anilines is 2. The van der Waals surface area contributed by atoms with Gasteiger partial charge in [0.05, 0.1) is 12.1 Å². The van der Waals surface area contributed by atoms with Crippen molar-refractivity contribution in [2.75, 3.05) is 10.6 Å². The summed E-state index contributed by atoms with van der Waals surface area (Å²) in [5.74, 6) is -1.05. The first kappa shape index (κ1) is 17.4. The molecule has 0 bridgehead atoms. The van der Waals surface area contributed by atoms with Crippen LogP contribution < -0.4 is 10.6 Å². The SMILES string of the molecule is O=C(Cc1ccccc1)Nc1ccc(C(=O)Nc2ccccc2F)cc1. The quantitative estimate of drug-likeness (QED) is 0.724. The monoisotopic (exact) mass is 348 g/mol. The van der Waals surface area contributed by atoms with Gasteiger partial charge in [-0.25, -0.2) is 4.39 Å². The first-order valence-electron chi connectivity index (χ1n) is 8.11. The number of halogens is 1. The minimum Gasteiger partial charge on any atom is -0.326 e. The summed E-state index contributed by atoms with van der Waals surface area (Å²) in [6.45, 7) is 0. The van der Waals surface area contributed by atoms with Crippen molar-refractivity contribution in [3.63, 3.8) is 0 Å². The molecule has 0 heterocycles. The van der Waals surface area contributed by atoms with Crippen molar-refractivity contribution < 1.29 is 14.0 Å². The van der Waals surface area contributed by atoms with E-state index in [-0.39, 0.29) is 18.0 Å². The van der Waals surface area contributed by atoms with Crippen molar-refractivity contribution in [3.8, 4) is 0 Å². The van der Waals surface area contributed by atoms with Crippen LogP contribution in [0.2, 0.25) is 0 Å². The van der Waals surface area contributed by atoms with Crippen LogP contribution in [0.15, 0.2) is 78.9 Å². The topological polar surface area (TPSA) is 58.2 Å². The lowest BCUT2D eigenvalue weighted by atomic mass is 10.1. The van der Waals surface area contributed by atoms with Crippen molar-refractivity contribution in [1.82, 2.24) is 0 Å². The highest BCUT2D eigenvalue weighted by Crippen LogP contribution is 2.15. The standard InChI is InChI=1S/C21H17FN2O2/c22-18-8-4-5-9-19(18)24-21(26)16-10-12-17(13-11-16)23-20(25)14-15-6-2-1-3-7-15/h1-13H,14H2,(H,23,25)(H,24,26). The molecule has 3 aromatic rings. The van der Waals surface area contributed by atoms with Gasteiger partial charge in [0.2, 0.25) is 5.91 Å². The maximum atomic E-state index is 13.6. The van der Waals surface area contributed by atoms with Gasteiger partial charge < -0.3 is 10.6 Å². The van der Waals surface area contributed by atoms with Crippen molar-refractivity contribution in [3.05, 3.63) is 95.8 Å². The number of carbonyl (C=O) groups is 2. The summed E-state index contributed by atoms with van der Waals surface area (Å²) in [6.07, 6.45) is 0.274. The first-order chi connectivity index (χ1) is 12.6. The maximum Gasteiger partial charge on any atom is 0.255 e. The van der Waals surface area contributed by atoms with Crippen LogP contribution in [0.1, 0.15) is 15.9 Å². The second kappa shape index (κ2) is 8.07. The summed E-state index contributed by atoms with van der Waals surface area (Å²) in [5.41, 5.74) is 2.01. The highest BCUT2D eigenvalue weighted by molar-refractivity contribution is 6.04. The van der Waals surface area contributed by atoms with E-state index in [1.807, 2.05) is 30.3 Å². The van der Waals surface area contributed by atoms with Crippen molar-refractivity contribution in [1.29, 1.82) is 0 Å². The zero-order chi connectivity index (χ0) is 18.4. The van der Waals surface area contributed by atoms with Crippen LogP contribution in [0, 0.1) is 5.82 Å². The molecule has 0 saturated heterocycles.